The molecule has 0 bridgehead atoms. The largest absolute Gasteiger partial charge is 0.245 e. The molecule has 0 fully saturated rings. The molecule has 10 heavy (non-hydrogen) atoms. The predicted molar refractivity (Wildman–Crippen MR) is 45.4 cm³/mol. The van der Waals surface area contributed by atoms with E-state index in [0.29, 0.717) is 0 Å². The molecule has 0 amide bonds. The molecule has 0 aliphatic carbocycles. The maximum absolute atomic E-state index is 4.18. The second-order valence-electron chi connectivity index (χ2n) is 1.85. The second-order valence-corrected chi connectivity index (χ2v) is 3.52. The number of rotatable bonds is 1. The molecule has 2 rings (SSSR count). The quantitative estimate of drug-likeness (QED) is 0.636. The van der Waals surface area contributed by atoms with Crippen LogP contribution in [0.1, 0.15) is 0 Å². The van der Waals surface area contributed by atoms with Crippen LogP contribution >= 0.6 is 22.7 Å². The van der Waals surface area contributed by atoms with Crippen LogP contribution in [0.15, 0.2) is 28.4 Å². The summed E-state index contributed by atoms with van der Waals surface area (Å²) < 4.78 is 0. The molecule has 0 unspecified atom stereocenters. The average molecular weight is 167 g/mol. The molecule has 2 heterocycles. The third-order valence-corrected chi connectivity index (χ3v) is 2.71. The molecule has 0 aliphatic rings. The van der Waals surface area contributed by atoms with Crippen LogP contribution in [0.25, 0.3) is 10.6 Å². The Balaban J connectivity index is 2.48. The van der Waals surface area contributed by atoms with Gasteiger partial charge in [-0.05, 0) is 11.4 Å². The van der Waals surface area contributed by atoms with Gasteiger partial charge in [-0.3, -0.25) is 0 Å². The second kappa shape index (κ2) is 2.52. The average Bonchev–Trinajstić information content (AvgIpc) is 2.59. The van der Waals surface area contributed by atoms with E-state index in [9.17, 15) is 0 Å². The van der Waals surface area contributed by atoms with Crippen LogP contribution in [0, 0.1) is 0 Å². The number of thiazole rings is 1. The maximum Gasteiger partial charge on any atom is 0.124 e. The van der Waals surface area contributed by atoms with E-state index in [2.05, 4.69) is 21.8 Å². The summed E-state index contributed by atoms with van der Waals surface area (Å²) in [5, 5.41) is 7.28. The SMILES string of the molecule is c1csc(-c2ccsc2)n1. The predicted octanol–water partition coefficient (Wildman–Crippen LogP) is 2.87. The fraction of sp³-hybridized carbons (Fsp3) is 0. The minimum absolute atomic E-state index is 1.11. The minimum atomic E-state index is 1.11. The Bertz CT molecular complexity index is 251. The first-order chi connectivity index (χ1) is 4.97. The summed E-state index contributed by atoms with van der Waals surface area (Å²) in [7, 11) is 0. The van der Waals surface area contributed by atoms with Gasteiger partial charge in [-0.15, -0.1) is 11.3 Å². The van der Waals surface area contributed by atoms with Gasteiger partial charge in [0.2, 0.25) is 0 Å². The standard InChI is InChI=1S/C7H5NS2/c1-3-9-5-6(1)7-8-2-4-10-7/h1-5H. The Labute approximate surface area is 67.0 Å². The highest BCUT2D eigenvalue weighted by atomic mass is 32.1. The van der Waals surface area contributed by atoms with Crippen molar-refractivity contribution in [1.29, 1.82) is 0 Å². The number of hydrogen-bond acceptors (Lipinski definition) is 3. The summed E-state index contributed by atoms with van der Waals surface area (Å²) in [6.45, 7) is 0. The van der Waals surface area contributed by atoms with Crippen molar-refractivity contribution in [3.8, 4) is 10.6 Å². The number of nitrogens with zero attached hydrogens (tertiary/aromatic N) is 1. The van der Waals surface area contributed by atoms with Crippen molar-refractivity contribution in [2.75, 3.05) is 0 Å². The summed E-state index contributed by atoms with van der Waals surface area (Å²) in [6.07, 6.45) is 1.83. The van der Waals surface area contributed by atoms with E-state index < -0.39 is 0 Å². The lowest BCUT2D eigenvalue weighted by Crippen LogP contribution is -1.65. The van der Waals surface area contributed by atoms with Gasteiger partial charge in [-0.1, -0.05) is 0 Å². The van der Waals surface area contributed by atoms with Gasteiger partial charge in [-0.25, -0.2) is 4.98 Å². The molecule has 0 spiro atoms. The molecule has 0 N–H and O–H groups in total. The Hall–Kier alpha value is -0.670. The lowest BCUT2D eigenvalue weighted by Gasteiger charge is -1.83. The summed E-state index contributed by atoms with van der Waals surface area (Å²) >= 11 is 3.38. The lowest BCUT2D eigenvalue weighted by molar-refractivity contribution is 1.42. The zero-order chi connectivity index (χ0) is 6.81. The van der Waals surface area contributed by atoms with E-state index in [0.717, 1.165) is 5.01 Å². The fourth-order valence-corrected chi connectivity index (χ4v) is 2.10. The molecule has 0 saturated carbocycles. The highest BCUT2D eigenvalue weighted by Gasteiger charge is 1.97. The van der Waals surface area contributed by atoms with Gasteiger partial charge < -0.3 is 0 Å². The van der Waals surface area contributed by atoms with Crippen molar-refractivity contribution in [3.63, 3.8) is 0 Å². The van der Waals surface area contributed by atoms with E-state index in [1.54, 1.807) is 22.7 Å². The molecule has 0 radical (unpaired) electrons. The first kappa shape index (κ1) is 6.07. The van der Waals surface area contributed by atoms with Gasteiger partial charge in [0.05, 0.1) is 0 Å². The summed E-state index contributed by atoms with van der Waals surface area (Å²) in [4.78, 5) is 4.18. The van der Waals surface area contributed by atoms with E-state index in [-0.39, 0.29) is 0 Å². The lowest BCUT2D eigenvalue weighted by atomic mass is 10.4. The van der Waals surface area contributed by atoms with Crippen LogP contribution in [-0.2, 0) is 0 Å². The fourth-order valence-electron chi connectivity index (χ4n) is 0.752. The smallest absolute Gasteiger partial charge is 0.124 e. The van der Waals surface area contributed by atoms with Crippen LogP contribution in [0.4, 0.5) is 0 Å². The molecule has 0 aliphatic heterocycles. The van der Waals surface area contributed by atoms with Crippen LogP contribution < -0.4 is 0 Å². The molecule has 2 aromatic heterocycles. The van der Waals surface area contributed by atoms with Gasteiger partial charge in [0.15, 0.2) is 0 Å². The zero-order valence-electron chi connectivity index (χ0n) is 5.15. The van der Waals surface area contributed by atoms with Crippen LogP contribution in [-0.4, -0.2) is 4.98 Å². The van der Waals surface area contributed by atoms with Gasteiger partial charge in [-0.2, -0.15) is 11.3 Å². The summed E-state index contributed by atoms with van der Waals surface area (Å²) in [5.74, 6) is 0. The van der Waals surface area contributed by atoms with Crippen LogP contribution in [0.3, 0.4) is 0 Å². The Morgan fingerprint density at radius 3 is 2.90 bits per heavy atom. The van der Waals surface area contributed by atoms with Crippen molar-refractivity contribution in [3.05, 3.63) is 28.4 Å². The topological polar surface area (TPSA) is 12.9 Å². The number of thiophene rings is 1. The van der Waals surface area contributed by atoms with Crippen molar-refractivity contribution < 1.29 is 0 Å². The normalized spacial score (nSPS) is 10.0. The first-order valence-corrected chi connectivity index (χ1v) is 4.71. The highest BCUT2D eigenvalue weighted by molar-refractivity contribution is 7.13. The minimum Gasteiger partial charge on any atom is -0.245 e. The third kappa shape index (κ3) is 0.978. The van der Waals surface area contributed by atoms with Gasteiger partial charge >= 0.3 is 0 Å². The zero-order valence-corrected chi connectivity index (χ0v) is 6.78. The monoisotopic (exact) mass is 167 g/mol. The van der Waals surface area contributed by atoms with Crippen LogP contribution in [0.2, 0.25) is 0 Å². The van der Waals surface area contributed by atoms with E-state index >= 15 is 0 Å². The van der Waals surface area contributed by atoms with Crippen molar-refractivity contribution in [2.24, 2.45) is 0 Å². The molecule has 0 aromatic carbocycles. The Morgan fingerprint density at radius 1 is 1.30 bits per heavy atom. The Morgan fingerprint density at radius 2 is 2.30 bits per heavy atom. The molecule has 2 aromatic rings. The van der Waals surface area contributed by atoms with Crippen molar-refractivity contribution in [1.82, 2.24) is 4.98 Å². The number of aromatic nitrogens is 1. The maximum atomic E-state index is 4.18. The molecule has 0 atom stereocenters. The molecular formula is C7H5NS2. The number of hydrogen-bond donors (Lipinski definition) is 0. The first-order valence-electron chi connectivity index (χ1n) is 2.89. The van der Waals surface area contributed by atoms with E-state index in [1.165, 1.54) is 5.56 Å². The molecular weight excluding hydrogens is 162 g/mol. The summed E-state index contributed by atoms with van der Waals surface area (Å²) in [5.41, 5.74) is 1.24. The summed E-state index contributed by atoms with van der Waals surface area (Å²) in [6, 6.07) is 2.09. The Kier molecular flexibility index (Phi) is 1.53. The van der Waals surface area contributed by atoms with E-state index in [1.807, 2.05) is 11.6 Å². The van der Waals surface area contributed by atoms with Crippen LogP contribution in [0.5, 0.6) is 0 Å². The van der Waals surface area contributed by atoms with E-state index in [4.69, 9.17) is 0 Å². The molecule has 0 saturated heterocycles. The molecule has 1 nitrogen and oxygen atoms in total. The third-order valence-electron chi connectivity index (χ3n) is 1.20. The molecule has 50 valence electrons. The highest BCUT2D eigenvalue weighted by Crippen LogP contribution is 2.23. The van der Waals surface area contributed by atoms with Crippen molar-refractivity contribution in [2.45, 2.75) is 0 Å². The van der Waals surface area contributed by atoms with Gasteiger partial charge in [0.1, 0.15) is 5.01 Å². The molecule has 3 heteroatoms. The van der Waals surface area contributed by atoms with Gasteiger partial charge in [0.25, 0.3) is 0 Å². The van der Waals surface area contributed by atoms with Crippen molar-refractivity contribution >= 4 is 22.7 Å². The van der Waals surface area contributed by atoms with Gasteiger partial charge in [0, 0.05) is 22.5 Å².